The van der Waals surface area contributed by atoms with Gasteiger partial charge in [-0.05, 0) is 6.92 Å². The number of aliphatic hydroxyl groups is 1. The number of hydrogen-bond donors (Lipinski definition) is 3. The topological polar surface area (TPSA) is 140 Å². The van der Waals surface area contributed by atoms with Crippen molar-refractivity contribution in [3.63, 3.8) is 0 Å². The van der Waals surface area contributed by atoms with Gasteiger partial charge in [0.1, 0.15) is 6.10 Å². The molecule has 0 bridgehead atoms. The first kappa shape index (κ1) is 26.5. The van der Waals surface area contributed by atoms with Gasteiger partial charge in [-0.15, -0.1) is 0 Å². The van der Waals surface area contributed by atoms with E-state index in [1.165, 1.54) is 14.0 Å². The number of ether oxygens (including phenoxy) is 3. The van der Waals surface area contributed by atoms with Gasteiger partial charge in [0, 0.05) is 44.7 Å². The maximum atomic E-state index is 12.7. The maximum Gasteiger partial charge on any atom is 0.285 e. The number of Topliss-reactive ketones (excluding diaryl/α,β-unsaturated/α-hetero) is 1. The summed E-state index contributed by atoms with van der Waals surface area (Å²) in [5.41, 5.74) is -0.645. The molecule has 0 aliphatic carbocycles. The van der Waals surface area contributed by atoms with E-state index < -0.39 is 40.4 Å². The smallest absolute Gasteiger partial charge is 0.285 e. The molecular formula is C19H32N2O8S. The Balaban J connectivity index is 2.47. The Bertz CT molecular complexity index is 640. The highest BCUT2D eigenvalue weighted by Crippen LogP contribution is 2.38. The minimum absolute atomic E-state index is 0.0376. The molecule has 2 unspecified atom stereocenters. The zero-order chi connectivity index (χ0) is 22.9. The number of carbonyl (C=O) groups excluding carboxylic acids is 4. The molecule has 1 heterocycles. The fourth-order valence-electron chi connectivity index (χ4n) is 2.73. The van der Waals surface area contributed by atoms with Crippen LogP contribution in [0.3, 0.4) is 0 Å². The van der Waals surface area contributed by atoms with Gasteiger partial charge in [-0.3, -0.25) is 19.2 Å². The van der Waals surface area contributed by atoms with Gasteiger partial charge in [-0.25, -0.2) is 0 Å². The summed E-state index contributed by atoms with van der Waals surface area (Å²) < 4.78 is 16.8. The number of methoxy groups -OCH3 is 1. The van der Waals surface area contributed by atoms with Gasteiger partial charge < -0.3 is 30.0 Å². The lowest BCUT2D eigenvalue weighted by Gasteiger charge is -2.46. The number of amides is 2. The zero-order valence-corrected chi connectivity index (χ0v) is 18.9. The average molecular weight is 449 g/mol. The molecule has 3 atom stereocenters. The summed E-state index contributed by atoms with van der Waals surface area (Å²) in [7, 11) is 1.38. The minimum atomic E-state index is -1.52. The molecule has 172 valence electrons. The van der Waals surface area contributed by atoms with Gasteiger partial charge >= 0.3 is 0 Å². The van der Waals surface area contributed by atoms with Gasteiger partial charge in [-0.1, -0.05) is 25.6 Å². The largest absolute Gasteiger partial charge is 0.393 e. The molecule has 1 fully saturated rings. The van der Waals surface area contributed by atoms with E-state index in [1.807, 2.05) is 13.8 Å². The Morgan fingerprint density at radius 3 is 2.47 bits per heavy atom. The molecule has 2 amide bonds. The van der Waals surface area contributed by atoms with Crippen molar-refractivity contribution in [3.05, 3.63) is 0 Å². The molecule has 1 rings (SSSR count). The summed E-state index contributed by atoms with van der Waals surface area (Å²) in [4.78, 5) is 46.5. The minimum Gasteiger partial charge on any atom is -0.393 e. The molecule has 0 saturated carbocycles. The molecule has 0 spiro atoms. The van der Waals surface area contributed by atoms with E-state index in [1.54, 1.807) is 6.92 Å². The quantitative estimate of drug-likeness (QED) is 0.293. The van der Waals surface area contributed by atoms with Crippen LogP contribution in [0.4, 0.5) is 0 Å². The maximum absolute atomic E-state index is 12.7. The average Bonchev–Trinajstić information content (AvgIpc) is 2.66. The lowest BCUT2D eigenvalue weighted by molar-refractivity contribution is -0.429. The Morgan fingerprint density at radius 2 is 1.90 bits per heavy atom. The summed E-state index contributed by atoms with van der Waals surface area (Å²) in [6.45, 7) is 6.90. The van der Waals surface area contributed by atoms with E-state index in [-0.39, 0.29) is 38.4 Å². The molecule has 30 heavy (non-hydrogen) atoms. The summed E-state index contributed by atoms with van der Waals surface area (Å²) in [5, 5.41) is 14.4. The monoisotopic (exact) mass is 448 g/mol. The summed E-state index contributed by atoms with van der Waals surface area (Å²) in [5.74, 6) is -2.45. The first-order valence-electron chi connectivity index (χ1n) is 9.69. The highest BCUT2D eigenvalue weighted by atomic mass is 32.2. The van der Waals surface area contributed by atoms with E-state index in [9.17, 15) is 24.3 Å². The van der Waals surface area contributed by atoms with Crippen LogP contribution in [0.15, 0.2) is 0 Å². The van der Waals surface area contributed by atoms with Crippen molar-refractivity contribution in [2.75, 3.05) is 32.6 Å². The SMILES string of the molecule is COC1(CC(C)O)OCC(C)(C)[C@H](C(=O)NCCC(=O)NCCSC(=O)C(C)=O)O1. The van der Waals surface area contributed by atoms with Crippen LogP contribution in [-0.4, -0.2) is 78.6 Å². The summed E-state index contributed by atoms with van der Waals surface area (Å²) >= 11 is 0.849. The van der Waals surface area contributed by atoms with Crippen LogP contribution in [0.1, 0.15) is 40.5 Å². The van der Waals surface area contributed by atoms with Crippen LogP contribution in [-0.2, 0) is 33.4 Å². The van der Waals surface area contributed by atoms with Crippen LogP contribution >= 0.6 is 11.8 Å². The second-order valence-corrected chi connectivity index (χ2v) is 8.87. The number of ketones is 1. The lowest BCUT2D eigenvalue weighted by Crippen LogP contribution is -2.59. The fraction of sp³-hybridized carbons (Fsp3) is 0.789. The number of carbonyl (C=O) groups is 4. The van der Waals surface area contributed by atoms with Crippen LogP contribution < -0.4 is 10.6 Å². The molecule has 0 radical (unpaired) electrons. The molecular weight excluding hydrogens is 416 g/mol. The predicted octanol–water partition coefficient (Wildman–Crippen LogP) is -0.0296. The third-order valence-corrected chi connectivity index (χ3v) is 5.32. The Labute approximate surface area is 180 Å². The number of thioether (sulfide) groups is 1. The highest BCUT2D eigenvalue weighted by Gasteiger charge is 2.50. The van der Waals surface area contributed by atoms with Crippen molar-refractivity contribution in [1.82, 2.24) is 10.6 Å². The van der Waals surface area contributed by atoms with Gasteiger partial charge in [0.2, 0.25) is 17.6 Å². The van der Waals surface area contributed by atoms with E-state index in [0.717, 1.165) is 11.8 Å². The van der Waals surface area contributed by atoms with Gasteiger partial charge in [0.05, 0.1) is 19.1 Å². The van der Waals surface area contributed by atoms with Gasteiger partial charge in [-0.2, -0.15) is 0 Å². The predicted molar refractivity (Wildman–Crippen MR) is 109 cm³/mol. The number of rotatable bonds is 11. The van der Waals surface area contributed by atoms with Crippen LogP contribution in [0.25, 0.3) is 0 Å². The van der Waals surface area contributed by atoms with Crippen molar-refractivity contribution in [2.45, 2.75) is 58.7 Å². The zero-order valence-electron chi connectivity index (χ0n) is 18.1. The Morgan fingerprint density at radius 1 is 1.23 bits per heavy atom. The summed E-state index contributed by atoms with van der Waals surface area (Å²) in [6.07, 6.45) is -1.58. The van der Waals surface area contributed by atoms with Crippen molar-refractivity contribution < 1.29 is 38.5 Å². The van der Waals surface area contributed by atoms with Crippen molar-refractivity contribution in [3.8, 4) is 0 Å². The molecule has 1 saturated heterocycles. The van der Waals surface area contributed by atoms with Crippen LogP contribution in [0.5, 0.6) is 0 Å². The first-order chi connectivity index (χ1) is 13.9. The van der Waals surface area contributed by atoms with E-state index in [0.29, 0.717) is 5.75 Å². The Hall–Kier alpha value is -1.53. The number of aliphatic hydroxyl groups excluding tert-OH is 1. The molecule has 1 aliphatic rings. The van der Waals surface area contributed by atoms with Crippen molar-refractivity contribution in [2.24, 2.45) is 5.41 Å². The second kappa shape index (κ2) is 11.8. The van der Waals surface area contributed by atoms with E-state index in [4.69, 9.17) is 14.2 Å². The highest BCUT2D eigenvalue weighted by molar-refractivity contribution is 8.15. The molecule has 11 heteroatoms. The number of hydrogen-bond acceptors (Lipinski definition) is 9. The molecule has 0 aromatic carbocycles. The molecule has 3 N–H and O–H groups in total. The third-order valence-electron chi connectivity index (χ3n) is 4.36. The Kier molecular flexibility index (Phi) is 10.4. The first-order valence-corrected chi connectivity index (χ1v) is 10.7. The van der Waals surface area contributed by atoms with Gasteiger partial charge in [0.25, 0.3) is 11.1 Å². The third kappa shape index (κ3) is 8.31. The van der Waals surface area contributed by atoms with E-state index >= 15 is 0 Å². The molecule has 0 aromatic rings. The molecule has 10 nitrogen and oxygen atoms in total. The van der Waals surface area contributed by atoms with Crippen LogP contribution in [0, 0.1) is 5.41 Å². The van der Waals surface area contributed by atoms with E-state index in [2.05, 4.69) is 10.6 Å². The molecule has 0 aromatic heterocycles. The van der Waals surface area contributed by atoms with Crippen LogP contribution in [0.2, 0.25) is 0 Å². The van der Waals surface area contributed by atoms with Gasteiger partial charge in [0.15, 0.2) is 0 Å². The normalized spacial score (nSPS) is 24.0. The lowest BCUT2D eigenvalue weighted by atomic mass is 9.85. The van der Waals surface area contributed by atoms with Crippen molar-refractivity contribution in [1.29, 1.82) is 0 Å². The second-order valence-electron chi connectivity index (χ2n) is 7.80. The number of nitrogens with one attached hydrogen (secondary N) is 2. The fourth-order valence-corrected chi connectivity index (χ4v) is 3.32. The standard InChI is InChI=1S/C19H32N2O8S/c1-12(22)10-19(27-5)28-11-18(3,4)15(29-19)16(25)21-7-6-14(24)20-8-9-30-17(26)13(2)23/h12,15,22H,6-11H2,1-5H3,(H,20,24)(H,21,25)/t12?,15-,19?/m0/s1. The van der Waals surface area contributed by atoms with Crippen molar-refractivity contribution >= 4 is 34.5 Å². The summed E-state index contributed by atoms with van der Waals surface area (Å²) in [6, 6.07) is 0. The molecule has 1 aliphatic heterocycles.